The van der Waals surface area contributed by atoms with Crippen LogP contribution in [0.4, 0.5) is 0 Å². The van der Waals surface area contributed by atoms with Gasteiger partial charge in [0.05, 0.1) is 19.8 Å². The van der Waals surface area contributed by atoms with Crippen molar-refractivity contribution in [3.8, 4) is 0 Å². The predicted molar refractivity (Wildman–Crippen MR) is 85.2 cm³/mol. The van der Waals surface area contributed by atoms with Crippen molar-refractivity contribution in [2.75, 3.05) is 19.8 Å². The fourth-order valence-electron chi connectivity index (χ4n) is 3.18. The van der Waals surface area contributed by atoms with Crippen LogP contribution in [0.25, 0.3) is 0 Å². The van der Waals surface area contributed by atoms with Crippen LogP contribution in [0.2, 0.25) is 0 Å². The topological polar surface area (TPSA) is 27.7 Å². The molecule has 0 amide bonds. The Morgan fingerprint density at radius 3 is 1.95 bits per heavy atom. The molecule has 0 atom stereocenters. The van der Waals surface area contributed by atoms with Gasteiger partial charge >= 0.3 is 5.97 Å². The molecule has 110 valence electrons. The zero-order valence-corrected chi connectivity index (χ0v) is 14.4. The van der Waals surface area contributed by atoms with E-state index in [9.17, 15) is 0 Å². The first kappa shape index (κ1) is 14.8. The highest BCUT2D eigenvalue weighted by Gasteiger charge is 2.54. The summed E-state index contributed by atoms with van der Waals surface area (Å²) < 4.78 is 19.2. The molecule has 3 aliphatic heterocycles. The van der Waals surface area contributed by atoms with Gasteiger partial charge in [0.1, 0.15) is 0 Å². The zero-order valence-electron chi connectivity index (χ0n) is 12.2. The molecule has 2 bridgehead atoms. The van der Waals surface area contributed by atoms with E-state index >= 15 is 0 Å². The Morgan fingerprint density at radius 2 is 1.50 bits per heavy atom. The maximum Gasteiger partial charge on any atom is 0.312 e. The lowest BCUT2D eigenvalue weighted by molar-refractivity contribution is -0.482. The van der Waals surface area contributed by atoms with Gasteiger partial charge in [-0.25, -0.2) is 0 Å². The van der Waals surface area contributed by atoms with E-state index in [2.05, 4.69) is 43.4 Å². The first-order chi connectivity index (χ1) is 9.33. The van der Waals surface area contributed by atoms with Crippen molar-refractivity contribution < 1.29 is 14.2 Å². The third-order valence-corrected chi connectivity index (χ3v) is 4.53. The van der Waals surface area contributed by atoms with E-state index in [1.54, 1.807) is 0 Å². The predicted octanol–water partition coefficient (Wildman–Crippen LogP) is 3.90. The lowest BCUT2D eigenvalue weighted by atomic mass is 9.74. The minimum atomic E-state index is -0.982. The monoisotopic (exact) mass is 388 g/mol. The van der Waals surface area contributed by atoms with E-state index in [0.29, 0.717) is 19.8 Å². The zero-order chi connectivity index (χ0) is 14.4. The summed E-state index contributed by atoms with van der Waals surface area (Å²) in [5, 5.41) is 0. The Bertz CT molecular complexity index is 465. The molecule has 1 aromatic rings. The molecule has 0 aromatic heterocycles. The lowest BCUT2D eigenvalue weighted by Crippen LogP contribution is -2.59. The van der Waals surface area contributed by atoms with Crippen molar-refractivity contribution in [2.45, 2.75) is 33.2 Å². The number of benzene rings is 1. The van der Waals surface area contributed by atoms with Gasteiger partial charge in [0.15, 0.2) is 0 Å². The smallest absolute Gasteiger partial charge is 0.312 e. The van der Waals surface area contributed by atoms with Gasteiger partial charge in [-0.3, -0.25) is 0 Å². The van der Waals surface area contributed by atoms with Crippen LogP contribution in [0, 0.1) is 14.4 Å². The summed E-state index contributed by atoms with van der Waals surface area (Å²) in [7, 11) is 0. The molecule has 3 aliphatic rings. The molecule has 3 fully saturated rings. The van der Waals surface area contributed by atoms with E-state index in [4.69, 9.17) is 14.2 Å². The van der Waals surface area contributed by atoms with E-state index < -0.39 is 5.97 Å². The van der Waals surface area contributed by atoms with E-state index in [-0.39, 0.29) is 10.8 Å². The normalized spacial score (nSPS) is 33.4. The third kappa shape index (κ3) is 2.75. The highest BCUT2D eigenvalue weighted by molar-refractivity contribution is 14.1. The fourth-order valence-corrected chi connectivity index (χ4v) is 3.54. The van der Waals surface area contributed by atoms with Gasteiger partial charge in [0.25, 0.3) is 0 Å². The molecule has 3 saturated heterocycles. The second-order valence-electron chi connectivity index (χ2n) is 7.17. The van der Waals surface area contributed by atoms with Gasteiger partial charge in [-0.05, 0) is 58.7 Å². The molecule has 0 N–H and O–H groups in total. The fraction of sp³-hybridized carbons (Fsp3) is 0.625. The molecule has 0 radical (unpaired) electrons. The van der Waals surface area contributed by atoms with Crippen molar-refractivity contribution in [3.05, 3.63) is 33.4 Å². The summed E-state index contributed by atoms with van der Waals surface area (Å²) in [4.78, 5) is 0. The SMILES string of the molecule is CC(C)(C)CC12COC(c3ccc(I)cc3)(OC1)OC2. The Labute approximate surface area is 134 Å². The second-order valence-corrected chi connectivity index (χ2v) is 8.41. The average molecular weight is 388 g/mol. The van der Waals surface area contributed by atoms with Crippen LogP contribution in [0.1, 0.15) is 32.8 Å². The van der Waals surface area contributed by atoms with E-state index in [1.165, 1.54) is 3.57 Å². The molecule has 0 unspecified atom stereocenters. The van der Waals surface area contributed by atoms with Gasteiger partial charge in [-0.2, -0.15) is 0 Å². The minimum absolute atomic E-state index is 0.00318. The van der Waals surface area contributed by atoms with Crippen LogP contribution in [0.3, 0.4) is 0 Å². The van der Waals surface area contributed by atoms with Gasteiger partial charge in [-0.15, -0.1) is 0 Å². The summed E-state index contributed by atoms with van der Waals surface area (Å²) >= 11 is 2.29. The first-order valence-corrected chi connectivity index (χ1v) is 8.09. The highest BCUT2D eigenvalue weighted by atomic mass is 127. The number of ether oxygens (including phenoxy) is 3. The first-order valence-electron chi connectivity index (χ1n) is 7.01. The third-order valence-electron chi connectivity index (χ3n) is 3.81. The summed E-state index contributed by atoms with van der Waals surface area (Å²) in [5.41, 5.74) is 1.20. The molecule has 0 aliphatic carbocycles. The number of rotatable bonds is 2. The maximum absolute atomic E-state index is 5.99. The standard InChI is InChI=1S/C16H21IO3/c1-14(2,3)8-15-9-18-16(19-10-15,20-11-15)12-4-6-13(17)7-5-12/h4-7H,8-11H2,1-3H3. The molecule has 3 nitrogen and oxygen atoms in total. The van der Waals surface area contributed by atoms with Gasteiger partial charge < -0.3 is 14.2 Å². The van der Waals surface area contributed by atoms with Crippen molar-refractivity contribution in [3.63, 3.8) is 0 Å². The number of fused-ring (bicyclic) bond motifs is 3. The quantitative estimate of drug-likeness (QED) is 0.720. The van der Waals surface area contributed by atoms with Crippen molar-refractivity contribution >= 4 is 22.6 Å². The molecule has 3 heterocycles. The average Bonchev–Trinajstić information content (AvgIpc) is 2.39. The van der Waals surface area contributed by atoms with Crippen LogP contribution < -0.4 is 0 Å². The maximum atomic E-state index is 5.99. The number of hydrogen-bond acceptors (Lipinski definition) is 3. The van der Waals surface area contributed by atoms with E-state index in [0.717, 1.165) is 12.0 Å². The summed E-state index contributed by atoms with van der Waals surface area (Å²) in [6.07, 6.45) is 1.04. The van der Waals surface area contributed by atoms with Crippen LogP contribution in [-0.4, -0.2) is 19.8 Å². The Balaban J connectivity index is 1.78. The van der Waals surface area contributed by atoms with Gasteiger partial charge in [-0.1, -0.05) is 20.8 Å². The highest BCUT2D eigenvalue weighted by Crippen LogP contribution is 2.48. The van der Waals surface area contributed by atoms with E-state index in [1.807, 2.05) is 24.3 Å². The molecule has 0 spiro atoms. The van der Waals surface area contributed by atoms with Gasteiger partial charge in [0, 0.05) is 14.5 Å². The van der Waals surface area contributed by atoms with Crippen molar-refractivity contribution in [1.29, 1.82) is 0 Å². The largest absolute Gasteiger partial charge is 0.323 e. The van der Waals surface area contributed by atoms with Crippen LogP contribution in [0.5, 0.6) is 0 Å². The Kier molecular flexibility index (Phi) is 3.64. The van der Waals surface area contributed by atoms with Gasteiger partial charge in [0.2, 0.25) is 0 Å². The number of hydrogen-bond donors (Lipinski definition) is 0. The molecule has 20 heavy (non-hydrogen) atoms. The molecule has 1 aromatic carbocycles. The van der Waals surface area contributed by atoms with Crippen LogP contribution in [0.15, 0.2) is 24.3 Å². The molecule has 4 rings (SSSR count). The Morgan fingerprint density at radius 1 is 1.00 bits per heavy atom. The van der Waals surface area contributed by atoms with Crippen LogP contribution >= 0.6 is 22.6 Å². The molecule has 4 heteroatoms. The van der Waals surface area contributed by atoms with Crippen molar-refractivity contribution in [2.24, 2.45) is 10.8 Å². The second kappa shape index (κ2) is 4.93. The molecule has 0 saturated carbocycles. The minimum Gasteiger partial charge on any atom is -0.323 e. The summed E-state index contributed by atoms with van der Waals surface area (Å²) in [5.74, 6) is -0.982. The van der Waals surface area contributed by atoms with Crippen molar-refractivity contribution in [1.82, 2.24) is 0 Å². The summed E-state index contributed by atoms with van der Waals surface area (Å²) in [6, 6.07) is 8.13. The Hall–Kier alpha value is -0.170. The number of halogens is 1. The van der Waals surface area contributed by atoms with Crippen LogP contribution in [-0.2, 0) is 20.2 Å². The summed E-state index contributed by atoms with van der Waals surface area (Å²) in [6.45, 7) is 8.86. The molecular weight excluding hydrogens is 367 g/mol. The lowest BCUT2D eigenvalue weighted by Gasteiger charge is -2.53. The molecular formula is C16H21IO3.